The first kappa shape index (κ1) is 10.5. The second-order valence-corrected chi connectivity index (χ2v) is 4.50. The minimum Gasteiger partial charge on any atom is -0.388 e. The second-order valence-electron chi connectivity index (χ2n) is 4.50. The van der Waals surface area contributed by atoms with E-state index in [1.807, 2.05) is 18.5 Å². The summed E-state index contributed by atoms with van der Waals surface area (Å²) < 4.78 is 2.10. The van der Waals surface area contributed by atoms with E-state index in [1.54, 1.807) is 0 Å². The van der Waals surface area contributed by atoms with Crippen LogP contribution in [0.5, 0.6) is 0 Å². The van der Waals surface area contributed by atoms with Gasteiger partial charge in [-0.2, -0.15) is 0 Å². The topological polar surface area (TPSA) is 25.2 Å². The van der Waals surface area contributed by atoms with Gasteiger partial charge >= 0.3 is 0 Å². The third-order valence-electron chi connectivity index (χ3n) is 3.09. The molecular formula is C13H19NO. The summed E-state index contributed by atoms with van der Waals surface area (Å²) in [7, 11) is 0. The van der Waals surface area contributed by atoms with Gasteiger partial charge in [0.15, 0.2) is 0 Å². The Kier molecular flexibility index (Phi) is 2.96. The van der Waals surface area contributed by atoms with Gasteiger partial charge in [-0.15, -0.1) is 0 Å². The Morgan fingerprint density at radius 3 is 3.00 bits per heavy atom. The molecule has 0 aliphatic heterocycles. The van der Waals surface area contributed by atoms with Crippen molar-refractivity contribution in [2.75, 3.05) is 0 Å². The Balaban J connectivity index is 1.99. The van der Waals surface area contributed by atoms with Crippen LogP contribution < -0.4 is 0 Å². The van der Waals surface area contributed by atoms with Crippen LogP contribution in [-0.2, 0) is 6.54 Å². The maximum absolute atomic E-state index is 9.93. The fourth-order valence-corrected chi connectivity index (χ4v) is 1.79. The van der Waals surface area contributed by atoms with E-state index in [1.165, 1.54) is 18.4 Å². The third-order valence-corrected chi connectivity index (χ3v) is 3.09. The Labute approximate surface area is 91.2 Å². The summed E-state index contributed by atoms with van der Waals surface area (Å²) in [6.45, 7) is 6.97. The second kappa shape index (κ2) is 4.23. The fraction of sp³-hybridized carbons (Fsp3) is 0.538. The summed E-state index contributed by atoms with van der Waals surface area (Å²) in [4.78, 5) is 0. The van der Waals surface area contributed by atoms with Crippen molar-refractivity contribution >= 4 is 0 Å². The van der Waals surface area contributed by atoms with Gasteiger partial charge in [0.25, 0.3) is 0 Å². The van der Waals surface area contributed by atoms with E-state index in [2.05, 4.69) is 18.1 Å². The third kappa shape index (κ3) is 2.51. The van der Waals surface area contributed by atoms with Crippen LogP contribution in [0.2, 0.25) is 0 Å². The first-order chi connectivity index (χ1) is 7.20. The lowest BCUT2D eigenvalue weighted by atomic mass is 10.1. The lowest BCUT2D eigenvalue weighted by Crippen LogP contribution is -1.99. The molecule has 15 heavy (non-hydrogen) atoms. The molecule has 1 unspecified atom stereocenters. The van der Waals surface area contributed by atoms with Crippen molar-refractivity contribution in [2.45, 2.75) is 38.8 Å². The summed E-state index contributed by atoms with van der Waals surface area (Å²) in [5.41, 5.74) is 2.28. The maximum Gasteiger partial charge on any atom is 0.0832 e. The SMILES string of the molecule is C=C(CC)Cn1ccc(C(O)C2CC2)c1. The van der Waals surface area contributed by atoms with Crippen LogP contribution in [0.25, 0.3) is 0 Å². The molecule has 1 heterocycles. The van der Waals surface area contributed by atoms with Crippen LogP contribution in [0.4, 0.5) is 0 Å². The molecule has 1 atom stereocenters. The molecule has 0 amide bonds. The lowest BCUT2D eigenvalue weighted by Gasteiger charge is -2.06. The summed E-state index contributed by atoms with van der Waals surface area (Å²) in [6.07, 6.45) is 7.19. The summed E-state index contributed by atoms with van der Waals surface area (Å²) in [6, 6.07) is 2.02. The van der Waals surface area contributed by atoms with E-state index in [0.717, 1.165) is 18.5 Å². The standard InChI is InChI=1S/C13H19NO/c1-3-10(2)8-14-7-6-12(9-14)13(15)11-4-5-11/h6-7,9,11,13,15H,2-5,8H2,1H3. The number of aromatic nitrogens is 1. The minimum atomic E-state index is -0.249. The zero-order valence-electron chi connectivity index (χ0n) is 9.32. The fourth-order valence-electron chi connectivity index (χ4n) is 1.79. The van der Waals surface area contributed by atoms with Gasteiger partial charge in [-0.3, -0.25) is 0 Å². The normalized spacial score (nSPS) is 17.7. The van der Waals surface area contributed by atoms with Crippen LogP contribution >= 0.6 is 0 Å². The van der Waals surface area contributed by atoms with Gasteiger partial charge < -0.3 is 9.67 Å². The zero-order chi connectivity index (χ0) is 10.8. The quantitative estimate of drug-likeness (QED) is 0.735. The van der Waals surface area contributed by atoms with Crippen molar-refractivity contribution in [3.63, 3.8) is 0 Å². The van der Waals surface area contributed by atoms with Crippen LogP contribution in [0.3, 0.4) is 0 Å². The molecule has 0 radical (unpaired) electrons. The van der Waals surface area contributed by atoms with Crippen LogP contribution in [0.1, 0.15) is 37.9 Å². The molecular weight excluding hydrogens is 186 g/mol. The Morgan fingerprint density at radius 2 is 2.40 bits per heavy atom. The van der Waals surface area contributed by atoms with Gasteiger partial charge in [-0.25, -0.2) is 0 Å². The van der Waals surface area contributed by atoms with E-state index >= 15 is 0 Å². The van der Waals surface area contributed by atoms with Crippen molar-refractivity contribution in [3.8, 4) is 0 Å². The van der Waals surface area contributed by atoms with E-state index < -0.39 is 0 Å². The molecule has 1 aliphatic carbocycles. The van der Waals surface area contributed by atoms with E-state index in [9.17, 15) is 5.11 Å². The number of hydrogen-bond donors (Lipinski definition) is 1. The average molecular weight is 205 g/mol. The number of allylic oxidation sites excluding steroid dienone is 1. The van der Waals surface area contributed by atoms with E-state index in [4.69, 9.17) is 0 Å². The molecule has 1 aromatic rings. The predicted molar refractivity (Wildman–Crippen MR) is 61.5 cm³/mol. The number of nitrogens with zero attached hydrogens (tertiary/aromatic N) is 1. The number of hydrogen-bond acceptors (Lipinski definition) is 1. The molecule has 0 aromatic carbocycles. The molecule has 0 bridgehead atoms. The van der Waals surface area contributed by atoms with Gasteiger partial charge in [0.2, 0.25) is 0 Å². The monoisotopic (exact) mass is 205 g/mol. The number of aliphatic hydroxyl groups excluding tert-OH is 1. The van der Waals surface area contributed by atoms with E-state index in [0.29, 0.717) is 5.92 Å². The van der Waals surface area contributed by atoms with Crippen molar-refractivity contribution in [3.05, 3.63) is 36.2 Å². The molecule has 2 rings (SSSR count). The minimum absolute atomic E-state index is 0.249. The predicted octanol–water partition coefficient (Wildman–Crippen LogP) is 2.90. The highest BCUT2D eigenvalue weighted by atomic mass is 16.3. The molecule has 1 aliphatic rings. The van der Waals surface area contributed by atoms with Crippen molar-refractivity contribution in [1.29, 1.82) is 0 Å². The van der Waals surface area contributed by atoms with Gasteiger partial charge in [0, 0.05) is 18.9 Å². The van der Waals surface area contributed by atoms with Gasteiger partial charge in [-0.05, 0) is 36.8 Å². The highest BCUT2D eigenvalue weighted by Gasteiger charge is 2.31. The van der Waals surface area contributed by atoms with Gasteiger partial charge in [-0.1, -0.05) is 19.1 Å². The highest BCUT2D eigenvalue weighted by Crippen LogP contribution is 2.40. The van der Waals surface area contributed by atoms with Crippen LogP contribution in [-0.4, -0.2) is 9.67 Å². The number of rotatable bonds is 5. The molecule has 82 valence electrons. The Morgan fingerprint density at radius 1 is 1.67 bits per heavy atom. The van der Waals surface area contributed by atoms with Gasteiger partial charge in [0.1, 0.15) is 0 Å². The molecule has 1 N–H and O–H groups in total. The first-order valence-electron chi connectivity index (χ1n) is 5.71. The van der Waals surface area contributed by atoms with Gasteiger partial charge in [0.05, 0.1) is 6.10 Å². The van der Waals surface area contributed by atoms with Crippen molar-refractivity contribution in [1.82, 2.24) is 4.57 Å². The smallest absolute Gasteiger partial charge is 0.0832 e. The maximum atomic E-state index is 9.93. The summed E-state index contributed by atoms with van der Waals surface area (Å²) in [5, 5.41) is 9.93. The van der Waals surface area contributed by atoms with Crippen molar-refractivity contribution < 1.29 is 5.11 Å². The van der Waals surface area contributed by atoms with Crippen LogP contribution in [0, 0.1) is 5.92 Å². The Hall–Kier alpha value is -1.02. The summed E-state index contributed by atoms with van der Waals surface area (Å²) in [5.74, 6) is 0.509. The lowest BCUT2D eigenvalue weighted by molar-refractivity contribution is 0.154. The molecule has 0 spiro atoms. The largest absolute Gasteiger partial charge is 0.388 e. The average Bonchev–Trinajstić information content (AvgIpc) is 2.98. The van der Waals surface area contributed by atoms with E-state index in [-0.39, 0.29) is 6.10 Å². The highest BCUT2D eigenvalue weighted by molar-refractivity contribution is 5.17. The number of aliphatic hydroxyl groups is 1. The summed E-state index contributed by atoms with van der Waals surface area (Å²) >= 11 is 0. The first-order valence-corrected chi connectivity index (χ1v) is 5.71. The Bertz CT molecular complexity index is 349. The molecule has 1 saturated carbocycles. The molecule has 1 fully saturated rings. The zero-order valence-corrected chi connectivity index (χ0v) is 9.32. The van der Waals surface area contributed by atoms with Crippen molar-refractivity contribution in [2.24, 2.45) is 5.92 Å². The molecule has 2 heteroatoms. The molecule has 2 nitrogen and oxygen atoms in total. The molecule has 1 aromatic heterocycles. The van der Waals surface area contributed by atoms with Crippen LogP contribution in [0.15, 0.2) is 30.6 Å². The molecule has 0 saturated heterocycles.